The number of hydrogen-bond donors (Lipinski definition) is 1. The predicted octanol–water partition coefficient (Wildman–Crippen LogP) is 3.03. The first-order valence-electron chi connectivity index (χ1n) is 5.51. The summed E-state index contributed by atoms with van der Waals surface area (Å²) in [5.41, 5.74) is 0.630. The molecule has 0 aliphatic heterocycles. The molecule has 4 heteroatoms. The second-order valence-corrected chi connectivity index (χ2v) is 6.32. The van der Waals surface area contributed by atoms with Crippen molar-refractivity contribution in [3.8, 4) is 0 Å². The van der Waals surface area contributed by atoms with E-state index in [-0.39, 0.29) is 11.0 Å². The van der Waals surface area contributed by atoms with E-state index in [1.54, 1.807) is 0 Å². The first-order chi connectivity index (χ1) is 7.21. The minimum Gasteiger partial charge on any atom is -0.309 e. The largest absolute Gasteiger partial charge is 0.309 e. The van der Waals surface area contributed by atoms with Crippen LogP contribution in [0.3, 0.4) is 0 Å². The van der Waals surface area contributed by atoms with Crippen molar-refractivity contribution in [2.24, 2.45) is 5.92 Å². The van der Waals surface area contributed by atoms with E-state index in [2.05, 4.69) is 39.7 Å². The van der Waals surface area contributed by atoms with E-state index in [1.165, 1.54) is 0 Å². The van der Waals surface area contributed by atoms with Crippen LogP contribution in [0.2, 0.25) is 0 Å². The van der Waals surface area contributed by atoms with Gasteiger partial charge in [0.05, 0.1) is 5.69 Å². The van der Waals surface area contributed by atoms with Gasteiger partial charge in [0, 0.05) is 5.41 Å². The van der Waals surface area contributed by atoms with Crippen molar-refractivity contribution in [2.45, 2.75) is 46.5 Å². The summed E-state index contributed by atoms with van der Waals surface area (Å²) in [7, 11) is 0. The Balaban J connectivity index is 3.28. The fraction of sp³-hybridized carbons (Fsp3) is 0.667. The van der Waals surface area contributed by atoms with Gasteiger partial charge in [-0.25, -0.2) is 4.98 Å². The molecule has 3 nitrogen and oxygen atoms in total. The highest BCUT2D eigenvalue weighted by Crippen LogP contribution is 2.20. The summed E-state index contributed by atoms with van der Waals surface area (Å²) in [5.74, 6) is 1.23. The van der Waals surface area contributed by atoms with E-state index in [4.69, 9.17) is 0 Å². The van der Waals surface area contributed by atoms with Crippen LogP contribution in [0.5, 0.6) is 0 Å². The quantitative estimate of drug-likeness (QED) is 0.908. The average Bonchev–Trinajstić information content (AvgIpc) is 2.10. The van der Waals surface area contributed by atoms with Crippen LogP contribution < -0.4 is 5.56 Å². The molecule has 90 valence electrons. The highest BCUT2D eigenvalue weighted by atomic mass is 79.9. The van der Waals surface area contributed by atoms with Crippen molar-refractivity contribution in [3.63, 3.8) is 0 Å². The van der Waals surface area contributed by atoms with Gasteiger partial charge in [0.2, 0.25) is 0 Å². The molecule has 0 radical (unpaired) electrons. The maximum absolute atomic E-state index is 11.7. The lowest BCUT2D eigenvalue weighted by Crippen LogP contribution is -2.24. The van der Waals surface area contributed by atoms with Crippen molar-refractivity contribution in [2.75, 3.05) is 0 Å². The highest BCUT2D eigenvalue weighted by Gasteiger charge is 2.19. The summed E-state index contributed by atoms with van der Waals surface area (Å²) in [6, 6.07) is 0. The predicted molar refractivity (Wildman–Crippen MR) is 69.8 cm³/mol. The van der Waals surface area contributed by atoms with Crippen molar-refractivity contribution in [3.05, 3.63) is 26.3 Å². The topological polar surface area (TPSA) is 45.8 Å². The highest BCUT2D eigenvalue weighted by molar-refractivity contribution is 9.10. The molecular weight excluding hydrogens is 268 g/mol. The summed E-state index contributed by atoms with van der Waals surface area (Å²) in [5, 5.41) is 0. The van der Waals surface area contributed by atoms with Gasteiger partial charge in [-0.15, -0.1) is 0 Å². The van der Waals surface area contributed by atoms with E-state index in [9.17, 15) is 4.79 Å². The second-order valence-electron chi connectivity index (χ2n) is 5.52. The van der Waals surface area contributed by atoms with Crippen LogP contribution in [-0.2, 0) is 11.8 Å². The molecule has 1 heterocycles. The number of H-pyrrole nitrogens is 1. The van der Waals surface area contributed by atoms with E-state index in [0.717, 1.165) is 17.9 Å². The van der Waals surface area contributed by atoms with Gasteiger partial charge < -0.3 is 4.98 Å². The maximum atomic E-state index is 11.7. The Bertz CT molecular complexity index is 430. The Morgan fingerprint density at radius 1 is 1.38 bits per heavy atom. The van der Waals surface area contributed by atoms with Crippen LogP contribution in [0.1, 0.15) is 46.1 Å². The zero-order valence-corrected chi connectivity index (χ0v) is 12.1. The number of rotatable bonds is 2. The fourth-order valence-electron chi connectivity index (χ4n) is 1.38. The van der Waals surface area contributed by atoms with Crippen LogP contribution in [0.25, 0.3) is 0 Å². The summed E-state index contributed by atoms with van der Waals surface area (Å²) < 4.78 is 0.564. The number of nitrogens with zero attached hydrogens (tertiary/aromatic N) is 1. The van der Waals surface area contributed by atoms with Gasteiger partial charge in [-0.2, -0.15) is 0 Å². The van der Waals surface area contributed by atoms with E-state index >= 15 is 0 Å². The van der Waals surface area contributed by atoms with Crippen molar-refractivity contribution < 1.29 is 0 Å². The molecule has 1 rings (SSSR count). The van der Waals surface area contributed by atoms with E-state index in [0.29, 0.717) is 10.4 Å². The number of halogens is 1. The molecule has 0 amide bonds. The molecule has 0 aliphatic carbocycles. The standard InChI is InChI=1S/C12H19BrN2O/c1-7(2)6-8-9(13)10(16)15-11(14-8)12(3,4)5/h7H,6H2,1-5H3,(H,14,15,16). The van der Waals surface area contributed by atoms with E-state index in [1.807, 2.05) is 20.8 Å². The molecule has 0 bridgehead atoms. The monoisotopic (exact) mass is 286 g/mol. The van der Waals surface area contributed by atoms with Gasteiger partial charge in [-0.1, -0.05) is 34.6 Å². The summed E-state index contributed by atoms with van der Waals surface area (Å²) in [6.45, 7) is 10.4. The molecule has 1 N–H and O–H groups in total. The van der Waals surface area contributed by atoms with Crippen molar-refractivity contribution in [1.82, 2.24) is 9.97 Å². The van der Waals surface area contributed by atoms with Gasteiger partial charge in [0.1, 0.15) is 10.3 Å². The number of nitrogens with one attached hydrogen (secondary N) is 1. The molecule has 0 atom stereocenters. The van der Waals surface area contributed by atoms with Gasteiger partial charge in [0.25, 0.3) is 5.56 Å². The molecule has 0 aliphatic rings. The minimum absolute atomic E-state index is 0.0874. The SMILES string of the molecule is CC(C)Cc1nc(C(C)(C)C)[nH]c(=O)c1Br. The smallest absolute Gasteiger partial charge is 0.265 e. The Kier molecular flexibility index (Phi) is 3.94. The van der Waals surface area contributed by atoms with Crippen LogP contribution in [0, 0.1) is 5.92 Å². The lowest BCUT2D eigenvalue weighted by atomic mass is 9.95. The van der Waals surface area contributed by atoms with Crippen LogP contribution in [0.4, 0.5) is 0 Å². The maximum Gasteiger partial charge on any atom is 0.265 e. The minimum atomic E-state index is -0.133. The molecular formula is C12H19BrN2O. The number of hydrogen-bond acceptors (Lipinski definition) is 2. The molecule has 0 saturated heterocycles. The van der Waals surface area contributed by atoms with Crippen LogP contribution in [0.15, 0.2) is 9.27 Å². The Hall–Kier alpha value is -0.640. The van der Waals surface area contributed by atoms with Gasteiger partial charge in [-0.05, 0) is 28.3 Å². The van der Waals surface area contributed by atoms with Gasteiger partial charge >= 0.3 is 0 Å². The van der Waals surface area contributed by atoms with Crippen molar-refractivity contribution >= 4 is 15.9 Å². The Labute approximate surface area is 105 Å². The average molecular weight is 287 g/mol. The van der Waals surface area contributed by atoms with Crippen LogP contribution >= 0.6 is 15.9 Å². The lowest BCUT2D eigenvalue weighted by Gasteiger charge is -2.18. The molecule has 0 spiro atoms. The van der Waals surface area contributed by atoms with Crippen molar-refractivity contribution in [1.29, 1.82) is 0 Å². The van der Waals surface area contributed by atoms with Gasteiger partial charge in [0.15, 0.2) is 0 Å². The number of aromatic amines is 1. The van der Waals surface area contributed by atoms with E-state index < -0.39 is 0 Å². The molecule has 16 heavy (non-hydrogen) atoms. The summed E-state index contributed by atoms with van der Waals surface area (Å²) in [4.78, 5) is 19.1. The Morgan fingerprint density at radius 3 is 2.38 bits per heavy atom. The normalized spacial score (nSPS) is 12.2. The fourth-order valence-corrected chi connectivity index (χ4v) is 1.73. The molecule has 0 fully saturated rings. The zero-order chi connectivity index (χ0) is 12.5. The third kappa shape index (κ3) is 3.17. The third-order valence-corrected chi connectivity index (χ3v) is 3.06. The molecule has 1 aromatic rings. The van der Waals surface area contributed by atoms with Gasteiger partial charge in [-0.3, -0.25) is 4.79 Å². The number of aromatic nitrogens is 2. The lowest BCUT2D eigenvalue weighted by molar-refractivity contribution is 0.530. The third-order valence-electron chi connectivity index (χ3n) is 2.24. The molecule has 0 aromatic carbocycles. The molecule has 1 aromatic heterocycles. The zero-order valence-electron chi connectivity index (χ0n) is 10.5. The van der Waals surface area contributed by atoms with Crippen LogP contribution in [-0.4, -0.2) is 9.97 Å². The summed E-state index contributed by atoms with van der Waals surface area (Å²) >= 11 is 3.30. The second kappa shape index (κ2) is 4.70. The molecule has 0 unspecified atom stereocenters. The molecule has 0 saturated carbocycles. The first-order valence-corrected chi connectivity index (χ1v) is 6.30. The summed E-state index contributed by atoms with van der Waals surface area (Å²) in [6.07, 6.45) is 0.813. The Morgan fingerprint density at radius 2 is 1.94 bits per heavy atom. The first kappa shape index (κ1) is 13.4.